The highest BCUT2D eigenvalue weighted by Crippen LogP contribution is 2.62. The highest BCUT2D eigenvalue weighted by atomic mass is 35.5. The van der Waals surface area contributed by atoms with Gasteiger partial charge in [0, 0.05) is 16.5 Å². The summed E-state index contributed by atoms with van der Waals surface area (Å²) in [5.41, 5.74) is 5.11. The molecule has 2 aromatic heterocycles. The Labute approximate surface area is 232 Å². The lowest BCUT2D eigenvalue weighted by Crippen LogP contribution is -2.42. The van der Waals surface area contributed by atoms with Crippen molar-refractivity contribution in [1.29, 1.82) is 0 Å². The van der Waals surface area contributed by atoms with Crippen molar-refractivity contribution in [2.75, 3.05) is 12.3 Å². The lowest BCUT2D eigenvalue weighted by molar-refractivity contribution is -0.0988. The molecule has 0 amide bonds. The summed E-state index contributed by atoms with van der Waals surface area (Å²) in [5.74, 6) is 0.181. The molecule has 1 aromatic carbocycles. The van der Waals surface area contributed by atoms with Gasteiger partial charge in [0.15, 0.2) is 29.4 Å². The van der Waals surface area contributed by atoms with Crippen LogP contribution in [0.25, 0.3) is 11.2 Å². The summed E-state index contributed by atoms with van der Waals surface area (Å²) in [7, 11) is -4.14. The van der Waals surface area contributed by atoms with E-state index in [0.29, 0.717) is 33.2 Å². The zero-order valence-corrected chi connectivity index (χ0v) is 23.4. The number of carbonyl (C=O) groups excluding carboxylic acids is 1. The van der Waals surface area contributed by atoms with Gasteiger partial charge in [-0.3, -0.25) is 18.1 Å². The van der Waals surface area contributed by atoms with Gasteiger partial charge >= 0.3 is 14.0 Å². The zero-order valence-electron chi connectivity index (χ0n) is 20.9. The molecular formula is C23H24Cl2N5O8P. The minimum atomic E-state index is -4.14. The van der Waals surface area contributed by atoms with Crippen LogP contribution < -0.4 is 5.73 Å². The Balaban J connectivity index is 1.26. The third-order valence-corrected chi connectivity index (χ3v) is 8.94. The largest absolute Gasteiger partial charge is 0.509 e. The third-order valence-electron chi connectivity index (χ3n) is 6.81. The van der Waals surface area contributed by atoms with E-state index in [2.05, 4.69) is 15.0 Å². The number of phosphoric ester groups is 1. The lowest BCUT2D eigenvalue weighted by Gasteiger charge is -2.39. The molecule has 3 fully saturated rings. The topological polar surface area (TPSA) is 159 Å². The average molecular weight is 600 g/mol. The number of nitrogen functional groups attached to an aromatic ring is 1. The van der Waals surface area contributed by atoms with E-state index >= 15 is 0 Å². The van der Waals surface area contributed by atoms with Crippen molar-refractivity contribution in [3.8, 4) is 0 Å². The van der Waals surface area contributed by atoms with Crippen LogP contribution in [0, 0.1) is 0 Å². The first kappa shape index (κ1) is 26.7. The van der Waals surface area contributed by atoms with Crippen molar-refractivity contribution in [3.05, 3.63) is 46.5 Å². The molecule has 13 nitrogen and oxygen atoms in total. The summed E-state index contributed by atoms with van der Waals surface area (Å²) < 4.78 is 49.9. The smallest absolute Gasteiger partial charge is 0.424 e. The molecular weight excluding hydrogens is 576 g/mol. The van der Waals surface area contributed by atoms with E-state index in [-0.39, 0.29) is 12.4 Å². The van der Waals surface area contributed by atoms with Crippen LogP contribution in [-0.2, 0) is 32.3 Å². The van der Waals surface area contributed by atoms with Crippen LogP contribution >= 0.6 is 31.0 Å². The molecule has 16 heteroatoms. The molecule has 6 rings (SSSR count). The minimum Gasteiger partial charge on any atom is -0.424 e. The maximum atomic E-state index is 13.7. The number of ether oxygens (including phenoxy) is 3. The van der Waals surface area contributed by atoms with Crippen molar-refractivity contribution in [2.45, 2.75) is 62.9 Å². The fourth-order valence-electron chi connectivity index (χ4n) is 5.16. The Hall–Kier alpha value is -2.51. The molecule has 3 aliphatic rings. The predicted molar refractivity (Wildman–Crippen MR) is 137 cm³/mol. The Morgan fingerprint density at radius 2 is 1.92 bits per heavy atom. The maximum absolute atomic E-state index is 13.7. The van der Waals surface area contributed by atoms with Gasteiger partial charge in [0.1, 0.15) is 17.9 Å². The Bertz CT molecular complexity index is 1500. The van der Waals surface area contributed by atoms with Gasteiger partial charge in [0.05, 0.1) is 24.6 Å². The standard InChI is InChI=1S/C23H24Cl2N5O8P/c1-22(2)7-14(11-4-12(24)6-13(25)5-11)37-39(32,38-22)33-8-15-17-23(3,36-21(31)35-17)20(34-15)30-10-29-16-18(26)27-9-28-19(16)30/h4-6,9-10,14-15,17,20H,7-8H2,1-3H3,(H2,26,27,28)/t14?,15-,17-,20-,23-,39?/m1/s1. The number of hydrogen-bond acceptors (Lipinski definition) is 12. The first-order chi connectivity index (χ1) is 18.4. The first-order valence-corrected chi connectivity index (χ1v) is 14.2. The number of halogens is 2. The summed E-state index contributed by atoms with van der Waals surface area (Å²) in [6, 6.07) is 4.95. The monoisotopic (exact) mass is 599 g/mol. The van der Waals surface area contributed by atoms with Gasteiger partial charge in [-0.05, 0) is 44.5 Å². The SMILES string of the molecule is CC1(C)CC(c2cc(Cl)cc(Cl)c2)OP(=O)(OC[C@H]2O[C@@H](n3cnc4c(N)ncnc43)[C@]3(C)OC(=O)O[C@H]23)O1. The quantitative estimate of drug-likeness (QED) is 0.309. The number of aromatic nitrogens is 4. The number of rotatable bonds is 5. The first-order valence-electron chi connectivity index (χ1n) is 11.9. The van der Waals surface area contributed by atoms with Gasteiger partial charge in [-0.2, -0.15) is 0 Å². The fourth-order valence-corrected chi connectivity index (χ4v) is 7.38. The van der Waals surface area contributed by atoms with Crippen molar-refractivity contribution < 1.29 is 37.1 Å². The molecule has 208 valence electrons. The third kappa shape index (κ3) is 4.76. The fraction of sp³-hybridized carbons (Fsp3) is 0.478. The van der Waals surface area contributed by atoms with Crippen LogP contribution in [0.4, 0.5) is 10.6 Å². The van der Waals surface area contributed by atoms with Crippen molar-refractivity contribution in [3.63, 3.8) is 0 Å². The van der Waals surface area contributed by atoms with Gasteiger partial charge in [0.2, 0.25) is 0 Å². The van der Waals surface area contributed by atoms with E-state index in [9.17, 15) is 9.36 Å². The van der Waals surface area contributed by atoms with Crippen molar-refractivity contribution in [2.24, 2.45) is 0 Å². The zero-order chi connectivity index (χ0) is 27.7. The van der Waals surface area contributed by atoms with Crippen LogP contribution in [0.2, 0.25) is 10.0 Å². The lowest BCUT2D eigenvalue weighted by atomic mass is 9.96. The number of imidazole rings is 1. The minimum absolute atomic E-state index is 0.181. The van der Waals surface area contributed by atoms with Crippen LogP contribution in [-0.4, -0.2) is 55.7 Å². The second-order valence-electron chi connectivity index (χ2n) is 10.3. The molecule has 0 radical (unpaired) electrons. The number of benzene rings is 1. The van der Waals surface area contributed by atoms with E-state index in [0.717, 1.165) is 0 Å². The Kier molecular flexibility index (Phi) is 6.35. The van der Waals surface area contributed by atoms with E-state index in [1.807, 2.05) is 0 Å². The molecule has 3 aliphatic heterocycles. The Morgan fingerprint density at radius 1 is 1.18 bits per heavy atom. The van der Waals surface area contributed by atoms with Crippen LogP contribution in [0.1, 0.15) is 45.1 Å². The summed E-state index contributed by atoms with van der Waals surface area (Å²) in [4.78, 5) is 24.7. The van der Waals surface area contributed by atoms with E-state index in [4.69, 9.17) is 56.7 Å². The molecule has 0 aliphatic carbocycles. The van der Waals surface area contributed by atoms with Crippen molar-refractivity contribution in [1.82, 2.24) is 19.5 Å². The normalized spacial score (nSPS) is 33.6. The highest BCUT2D eigenvalue weighted by Gasteiger charge is 2.65. The van der Waals surface area contributed by atoms with Gasteiger partial charge in [0.25, 0.3) is 0 Å². The molecule has 2 N–H and O–H groups in total. The van der Waals surface area contributed by atoms with Crippen molar-refractivity contribution >= 4 is 54.2 Å². The van der Waals surface area contributed by atoms with E-state index < -0.39 is 49.7 Å². The van der Waals surface area contributed by atoms with Crippen LogP contribution in [0.15, 0.2) is 30.9 Å². The number of anilines is 1. The highest BCUT2D eigenvalue weighted by molar-refractivity contribution is 7.48. The summed E-state index contributed by atoms with van der Waals surface area (Å²) in [6.45, 7) is 4.89. The number of carbonyl (C=O) groups is 1. The molecule has 5 heterocycles. The molecule has 0 bridgehead atoms. The van der Waals surface area contributed by atoms with Gasteiger partial charge < -0.3 is 19.9 Å². The number of nitrogens with zero attached hydrogens (tertiary/aromatic N) is 4. The average Bonchev–Trinajstić information content (AvgIpc) is 3.46. The predicted octanol–water partition coefficient (Wildman–Crippen LogP) is 4.99. The van der Waals surface area contributed by atoms with E-state index in [1.165, 1.54) is 12.7 Å². The molecule has 2 unspecified atom stereocenters. The second kappa shape index (κ2) is 9.27. The van der Waals surface area contributed by atoms with Crippen LogP contribution in [0.5, 0.6) is 0 Å². The molecule has 0 spiro atoms. The molecule has 0 saturated carbocycles. The molecule has 3 saturated heterocycles. The maximum Gasteiger partial charge on any atom is 0.509 e. The number of hydrogen-bond donors (Lipinski definition) is 1. The Morgan fingerprint density at radius 3 is 2.67 bits per heavy atom. The van der Waals surface area contributed by atoms with Gasteiger partial charge in [-0.1, -0.05) is 23.2 Å². The molecule has 3 aromatic rings. The van der Waals surface area contributed by atoms with Crippen LogP contribution in [0.3, 0.4) is 0 Å². The van der Waals surface area contributed by atoms with E-state index in [1.54, 1.807) is 43.5 Å². The number of phosphoric acid groups is 1. The van der Waals surface area contributed by atoms with Gasteiger partial charge in [-0.15, -0.1) is 0 Å². The summed E-state index contributed by atoms with van der Waals surface area (Å²) in [5, 5.41) is 0.820. The second-order valence-corrected chi connectivity index (χ2v) is 12.7. The number of fused-ring (bicyclic) bond motifs is 2. The number of nitrogens with two attached hydrogens (primary N) is 1. The molecule has 39 heavy (non-hydrogen) atoms. The summed E-state index contributed by atoms with van der Waals surface area (Å²) >= 11 is 12.3. The summed E-state index contributed by atoms with van der Waals surface area (Å²) in [6.07, 6.45) is -1.20. The van der Waals surface area contributed by atoms with Gasteiger partial charge in [-0.25, -0.2) is 24.3 Å². The molecule has 6 atom stereocenters.